The number of nitrogens with one attached hydrogen (secondary N) is 1. The van der Waals surface area contributed by atoms with Crippen LogP contribution in [0, 0.1) is 11.3 Å². The van der Waals surface area contributed by atoms with Gasteiger partial charge in [-0.3, -0.25) is 4.79 Å². The van der Waals surface area contributed by atoms with Crippen molar-refractivity contribution in [1.82, 2.24) is 5.32 Å². The number of nitrogens with two attached hydrogens (primary N) is 1. The van der Waals surface area contributed by atoms with E-state index in [0.29, 0.717) is 0 Å². The Morgan fingerprint density at radius 2 is 1.69 bits per heavy atom. The topological polar surface area (TPSA) is 92.4 Å². The highest BCUT2D eigenvalue weighted by molar-refractivity contribution is 5.87. The Bertz CT molecular complexity index is 269. The molecule has 0 heterocycles. The van der Waals surface area contributed by atoms with Crippen LogP contribution >= 0.6 is 0 Å². The first-order valence-corrected chi connectivity index (χ1v) is 5.36. The number of hydrogen-bond donors (Lipinski definition) is 3. The second-order valence-electron chi connectivity index (χ2n) is 5.41. The van der Waals surface area contributed by atoms with Gasteiger partial charge in [0.15, 0.2) is 0 Å². The van der Waals surface area contributed by atoms with Gasteiger partial charge in [-0.05, 0) is 11.3 Å². The average molecular weight is 230 g/mol. The minimum absolute atomic E-state index is 0.173. The van der Waals surface area contributed by atoms with E-state index >= 15 is 0 Å². The molecule has 0 aliphatic heterocycles. The van der Waals surface area contributed by atoms with Crippen molar-refractivity contribution in [3.05, 3.63) is 0 Å². The molecular formula is C11H22N2O3. The first-order chi connectivity index (χ1) is 7.07. The molecule has 0 fully saturated rings. The Morgan fingerprint density at radius 1 is 1.25 bits per heavy atom. The van der Waals surface area contributed by atoms with Crippen LogP contribution in [0.15, 0.2) is 0 Å². The number of amides is 1. The number of carbonyl (C=O) groups is 2. The molecule has 2 atom stereocenters. The summed E-state index contributed by atoms with van der Waals surface area (Å²) in [6, 6.07) is -1.60. The SMILES string of the molecule is CC(C)[C@H](NC(=O)[C@H](N)C(C)(C)C)C(=O)O. The van der Waals surface area contributed by atoms with E-state index in [0.717, 1.165) is 0 Å². The second kappa shape index (κ2) is 5.30. The van der Waals surface area contributed by atoms with E-state index in [1.54, 1.807) is 13.8 Å². The molecule has 0 radical (unpaired) electrons. The molecule has 0 aromatic heterocycles. The van der Waals surface area contributed by atoms with Crippen molar-refractivity contribution in [3.63, 3.8) is 0 Å². The number of hydrogen-bond acceptors (Lipinski definition) is 3. The van der Waals surface area contributed by atoms with Crippen molar-refractivity contribution in [1.29, 1.82) is 0 Å². The smallest absolute Gasteiger partial charge is 0.326 e. The number of aliphatic carboxylic acids is 1. The summed E-state index contributed by atoms with van der Waals surface area (Å²) in [5.41, 5.74) is 5.35. The average Bonchev–Trinajstić information content (AvgIpc) is 2.09. The van der Waals surface area contributed by atoms with Gasteiger partial charge in [0.1, 0.15) is 6.04 Å². The first-order valence-electron chi connectivity index (χ1n) is 5.36. The van der Waals surface area contributed by atoms with Crippen molar-refractivity contribution >= 4 is 11.9 Å². The van der Waals surface area contributed by atoms with Gasteiger partial charge >= 0.3 is 5.97 Å². The maximum atomic E-state index is 11.7. The molecule has 0 aromatic rings. The molecule has 0 saturated carbocycles. The van der Waals surface area contributed by atoms with Crippen LogP contribution < -0.4 is 11.1 Å². The maximum Gasteiger partial charge on any atom is 0.326 e. The van der Waals surface area contributed by atoms with E-state index in [1.807, 2.05) is 20.8 Å². The van der Waals surface area contributed by atoms with Gasteiger partial charge in [-0.1, -0.05) is 34.6 Å². The molecule has 16 heavy (non-hydrogen) atoms. The molecule has 1 amide bonds. The van der Waals surface area contributed by atoms with Crippen LogP contribution in [-0.2, 0) is 9.59 Å². The molecule has 5 nitrogen and oxygen atoms in total. The lowest BCUT2D eigenvalue weighted by Crippen LogP contribution is -2.54. The molecule has 0 spiro atoms. The van der Waals surface area contributed by atoms with Gasteiger partial charge in [-0.2, -0.15) is 0 Å². The summed E-state index contributed by atoms with van der Waals surface area (Å²) >= 11 is 0. The second-order valence-corrected chi connectivity index (χ2v) is 5.41. The monoisotopic (exact) mass is 230 g/mol. The Kier molecular flexibility index (Phi) is 4.93. The normalized spacial score (nSPS) is 15.7. The number of carboxylic acid groups (broad SMARTS) is 1. The highest BCUT2D eigenvalue weighted by Gasteiger charge is 2.31. The first kappa shape index (κ1) is 14.9. The van der Waals surface area contributed by atoms with Crippen molar-refractivity contribution in [3.8, 4) is 0 Å². The largest absolute Gasteiger partial charge is 0.480 e. The van der Waals surface area contributed by atoms with E-state index < -0.39 is 24.0 Å². The van der Waals surface area contributed by atoms with Crippen molar-refractivity contribution in [2.45, 2.75) is 46.7 Å². The highest BCUT2D eigenvalue weighted by atomic mass is 16.4. The third kappa shape index (κ3) is 4.18. The molecule has 0 aromatic carbocycles. The van der Waals surface area contributed by atoms with Crippen molar-refractivity contribution < 1.29 is 14.7 Å². The molecule has 4 N–H and O–H groups in total. The number of carbonyl (C=O) groups excluding carboxylic acids is 1. The number of rotatable bonds is 4. The summed E-state index contributed by atoms with van der Waals surface area (Å²) in [5.74, 6) is -1.63. The summed E-state index contributed by atoms with van der Waals surface area (Å²) in [6.45, 7) is 8.98. The van der Waals surface area contributed by atoms with Gasteiger partial charge in [-0.15, -0.1) is 0 Å². The minimum atomic E-state index is -1.04. The van der Waals surface area contributed by atoms with Gasteiger partial charge in [0.05, 0.1) is 6.04 Å². The molecule has 0 bridgehead atoms. The third-order valence-electron chi connectivity index (χ3n) is 2.45. The fourth-order valence-electron chi connectivity index (χ4n) is 1.15. The van der Waals surface area contributed by atoms with Gasteiger partial charge in [0.2, 0.25) is 5.91 Å². The van der Waals surface area contributed by atoms with Crippen LogP contribution in [0.25, 0.3) is 0 Å². The zero-order valence-electron chi connectivity index (χ0n) is 10.6. The Hall–Kier alpha value is -1.10. The predicted molar refractivity (Wildman–Crippen MR) is 61.8 cm³/mol. The zero-order valence-corrected chi connectivity index (χ0v) is 10.6. The highest BCUT2D eigenvalue weighted by Crippen LogP contribution is 2.17. The Balaban J connectivity index is 4.60. The molecule has 0 rings (SSSR count). The molecule has 0 aliphatic rings. The Morgan fingerprint density at radius 3 is 1.94 bits per heavy atom. The summed E-state index contributed by atoms with van der Waals surface area (Å²) in [4.78, 5) is 22.6. The molecule has 5 heteroatoms. The fourth-order valence-corrected chi connectivity index (χ4v) is 1.15. The van der Waals surface area contributed by atoms with Gasteiger partial charge < -0.3 is 16.2 Å². The molecule has 0 aliphatic carbocycles. The fraction of sp³-hybridized carbons (Fsp3) is 0.818. The van der Waals surface area contributed by atoms with Gasteiger partial charge in [-0.25, -0.2) is 4.79 Å². The summed E-state index contributed by atoms with van der Waals surface area (Å²) in [6.07, 6.45) is 0. The van der Waals surface area contributed by atoms with Crippen LogP contribution in [0.1, 0.15) is 34.6 Å². The molecule has 0 unspecified atom stereocenters. The summed E-state index contributed by atoms with van der Waals surface area (Å²) in [7, 11) is 0. The van der Waals surface area contributed by atoms with Crippen LogP contribution in [0.4, 0.5) is 0 Å². The van der Waals surface area contributed by atoms with Gasteiger partial charge in [0, 0.05) is 0 Å². The Labute approximate surface area is 96.4 Å². The lowest BCUT2D eigenvalue weighted by Gasteiger charge is -2.28. The predicted octanol–water partition coefficient (Wildman–Crippen LogP) is 0.585. The summed E-state index contributed by atoms with van der Waals surface area (Å²) in [5, 5.41) is 11.4. The molecular weight excluding hydrogens is 208 g/mol. The zero-order chi connectivity index (χ0) is 13.1. The number of carboxylic acids is 1. The molecule has 94 valence electrons. The van der Waals surface area contributed by atoms with Crippen molar-refractivity contribution in [2.75, 3.05) is 0 Å². The van der Waals surface area contributed by atoms with E-state index in [1.165, 1.54) is 0 Å². The van der Waals surface area contributed by atoms with Crippen LogP contribution in [0.2, 0.25) is 0 Å². The van der Waals surface area contributed by atoms with E-state index in [4.69, 9.17) is 10.8 Å². The van der Waals surface area contributed by atoms with Crippen molar-refractivity contribution in [2.24, 2.45) is 17.1 Å². The maximum absolute atomic E-state index is 11.7. The minimum Gasteiger partial charge on any atom is -0.480 e. The lowest BCUT2D eigenvalue weighted by molar-refractivity contribution is -0.143. The summed E-state index contributed by atoms with van der Waals surface area (Å²) < 4.78 is 0. The van der Waals surface area contributed by atoms with Crippen LogP contribution in [0.5, 0.6) is 0 Å². The van der Waals surface area contributed by atoms with Crippen LogP contribution in [-0.4, -0.2) is 29.1 Å². The van der Waals surface area contributed by atoms with E-state index in [2.05, 4.69) is 5.32 Å². The quantitative estimate of drug-likeness (QED) is 0.659. The van der Waals surface area contributed by atoms with E-state index in [-0.39, 0.29) is 11.3 Å². The van der Waals surface area contributed by atoms with E-state index in [9.17, 15) is 9.59 Å². The molecule has 0 saturated heterocycles. The third-order valence-corrected chi connectivity index (χ3v) is 2.45. The van der Waals surface area contributed by atoms with Crippen LogP contribution in [0.3, 0.4) is 0 Å². The lowest BCUT2D eigenvalue weighted by atomic mass is 9.86. The standard InChI is InChI=1S/C11H22N2O3/c1-6(2)7(10(15)16)13-9(14)8(12)11(3,4)5/h6-8H,12H2,1-5H3,(H,13,14)(H,15,16)/t7-,8-/m0/s1. The van der Waals surface area contributed by atoms with Gasteiger partial charge in [0.25, 0.3) is 0 Å².